The van der Waals surface area contributed by atoms with Crippen LogP contribution in [0.15, 0.2) is 36.5 Å². The largest absolute Gasteiger partial charge is 0.335 e. The third kappa shape index (κ3) is 3.17. The Balaban J connectivity index is 2.12. The fraction of sp³-hybridized carbons (Fsp3) is 0.333. The van der Waals surface area contributed by atoms with Gasteiger partial charge in [-0.3, -0.25) is 5.32 Å². The minimum atomic E-state index is -0.229. The number of imidazole rings is 1. The van der Waals surface area contributed by atoms with Crippen LogP contribution >= 0.6 is 0 Å². The van der Waals surface area contributed by atoms with Gasteiger partial charge in [0.05, 0.1) is 11.9 Å². The van der Waals surface area contributed by atoms with Crippen molar-refractivity contribution in [3.63, 3.8) is 0 Å². The van der Waals surface area contributed by atoms with E-state index in [4.69, 9.17) is 0 Å². The molecule has 1 heterocycles. The summed E-state index contributed by atoms with van der Waals surface area (Å²) in [4.78, 5) is 16.1. The van der Waals surface area contributed by atoms with E-state index in [9.17, 15) is 4.79 Å². The first-order valence-corrected chi connectivity index (χ1v) is 6.76. The molecule has 0 aliphatic rings. The highest BCUT2D eigenvalue weighted by Crippen LogP contribution is 2.21. The summed E-state index contributed by atoms with van der Waals surface area (Å²) in [6.45, 7) is 3.99. The summed E-state index contributed by atoms with van der Waals surface area (Å²) in [7, 11) is 1.88. The summed E-state index contributed by atoms with van der Waals surface area (Å²) in [5.41, 5.74) is 2.03. The number of hydrogen-bond donors (Lipinski definition) is 2. The van der Waals surface area contributed by atoms with Crippen molar-refractivity contribution in [2.75, 3.05) is 5.32 Å². The van der Waals surface area contributed by atoms with Crippen LogP contribution in [0.1, 0.15) is 20.3 Å². The zero-order valence-corrected chi connectivity index (χ0v) is 12.1. The number of hydrogen-bond acceptors (Lipinski definition) is 2. The van der Waals surface area contributed by atoms with Crippen LogP contribution in [0.2, 0.25) is 0 Å². The molecule has 1 aromatic heterocycles. The highest BCUT2D eigenvalue weighted by atomic mass is 16.2. The number of aromatic nitrogens is 2. The van der Waals surface area contributed by atoms with Gasteiger partial charge in [-0.05, 0) is 18.9 Å². The number of rotatable bonds is 4. The third-order valence-electron chi connectivity index (χ3n) is 3.27. The Hall–Kier alpha value is -2.30. The zero-order valence-electron chi connectivity index (χ0n) is 12.1. The van der Waals surface area contributed by atoms with E-state index >= 15 is 0 Å². The number of urea groups is 1. The maximum Gasteiger partial charge on any atom is 0.321 e. The first kappa shape index (κ1) is 14.1. The molecule has 20 heavy (non-hydrogen) atoms. The minimum absolute atomic E-state index is 0.142. The van der Waals surface area contributed by atoms with E-state index < -0.39 is 0 Å². The molecule has 0 saturated carbocycles. The van der Waals surface area contributed by atoms with Crippen LogP contribution in [-0.2, 0) is 7.05 Å². The van der Waals surface area contributed by atoms with Gasteiger partial charge in [-0.15, -0.1) is 0 Å². The molecule has 2 amide bonds. The fourth-order valence-corrected chi connectivity index (χ4v) is 1.87. The van der Waals surface area contributed by atoms with E-state index in [-0.39, 0.29) is 12.1 Å². The summed E-state index contributed by atoms with van der Waals surface area (Å²) < 4.78 is 1.87. The van der Waals surface area contributed by atoms with E-state index in [1.54, 1.807) is 6.20 Å². The van der Waals surface area contributed by atoms with Crippen molar-refractivity contribution in [2.45, 2.75) is 26.3 Å². The van der Waals surface area contributed by atoms with Gasteiger partial charge >= 0.3 is 6.03 Å². The van der Waals surface area contributed by atoms with Crippen molar-refractivity contribution in [3.8, 4) is 11.3 Å². The monoisotopic (exact) mass is 272 g/mol. The predicted molar refractivity (Wildman–Crippen MR) is 80.6 cm³/mol. The number of carbonyl (C=O) groups excluding carboxylic acids is 1. The highest BCUT2D eigenvalue weighted by molar-refractivity contribution is 5.88. The average Bonchev–Trinajstić information content (AvgIpc) is 2.81. The summed E-state index contributed by atoms with van der Waals surface area (Å²) in [5.74, 6) is 0.532. The van der Waals surface area contributed by atoms with Crippen LogP contribution < -0.4 is 10.6 Å². The first-order chi connectivity index (χ1) is 9.61. The van der Waals surface area contributed by atoms with E-state index in [1.165, 1.54) is 0 Å². The van der Waals surface area contributed by atoms with Crippen molar-refractivity contribution in [1.82, 2.24) is 14.9 Å². The number of nitrogens with one attached hydrogen (secondary N) is 2. The van der Waals surface area contributed by atoms with Crippen molar-refractivity contribution < 1.29 is 4.79 Å². The highest BCUT2D eigenvalue weighted by Gasteiger charge is 2.11. The first-order valence-electron chi connectivity index (χ1n) is 6.76. The molecule has 0 spiro atoms. The normalized spacial score (nSPS) is 11.9. The molecule has 106 valence electrons. The average molecular weight is 272 g/mol. The molecule has 2 N–H and O–H groups in total. The van der Waals surface area contributed by atoms with Crippen LogP contribution in [-0.4, -0.2) is 21.6 Å². The van der Waals surface area contributed by atoms with E-state index in [2.05, 4.69) is 15.6 Å². The topological polar surface area (TPSA) is 59.0 Å². The Kier molecular flexibility index (Phi) is 4.40. The number of benzene rings is 1. The van der Waals surface area contributed by atoms with Gasteiger partial charge in [-0.25, -0.2) is 9.78 Å². The zero-order chi connectivity index (χ0) is 14.5. The Morgan fingerprint density at radius 2 is 2.05 bits per heavy atom. The van der Waals surface area contributed by atoms with Gasteiger partial charge in [0.1, 0.15) is 0 Å². The van der Waals surface area contributed by atoms with Crippen LogP contribution in [0.5, 0.6) is 0 Å². The summed E-state index contributed by atoms with van der Waals surface area (Å²) >= 11 is 0. The molecular formula is C15H20N4O. The van der Waals surface area contributed by atoms with Gasteiger partial charge in [0.2, 0.25) is 5.95 Å². The van der Waals surface area contributed by atoms with E-state index in [0.717, 1.165) is 17.7 Å². The quantitative estimate of drug-likeness (QED) is 0.898. The van der Waals surface area contributed by atoms with Gasteiger partial charge in [-0.1, -0.05) is 37.3 Å². The Labute approximate surface area is 119 Å². The van der Waals surface area contributed by atoms with E-state index in [1.807, 2.05) is 55.8 Å². The lowest BCUT2D eigenvalue weighted by atomic mass is 10.2. The molecule has 0 saturated heterocycles. The second-order valence-corrected chi connectivity index (χ2v) is 4.80. The van der Waals surface area contributed by atoms with Gasteiger partial charge in [0.15, 0.2) is 0 Å². The van der Waals surface area contributed by atoms with Crippen LogP contribution in [0.4, 0.5) is 10.7 Å². The van der Waals surface area contributed by atoms with Crippen LogP contribution in [0.25, 0.3) is 11.3 Å². The molecule has 0 radical (unpaired) electrons. The molecule has 2 aromatic rings. The van der Waals surface area contributed by atoms with E-state index in [0.29, 0.717) is 5.95 Å². The maximum absolute atomic E-state index is 11.8. The minimum Gasteiger partial charge on any atom is -0.335 e. The molecule has 1 aromatic carbocycles. The molecular weight excluding hydrogens is 252 g/mol. The fourth-order valence-electron chi connectivity index (χ4n) is 1.87. The Bertz CT molecular complexity index is 577. The number of anilines is 1. The van der Waals surface area contributed by atoms with Gasteiger partial charge in [-0.2, -0.15) is 0 Å². The number of amides is 2. The SMILES string of the molecule is CC[C@H](C)NC(=O)Nc1ncc(-c2ccccc2)n1C. The van der Waals surface area contributed by atoms with Gasteiger partial charge in [0, 0.05) is 13.1 Å². The van der Waals surface area contributed by atoms with Crippen LogP contribution in [0, 0.1) is 0 Å². The summed E-state index contributed by atoms with van der Waals surface area (Å²) in [6, 6.07) is 9.87. The lowest BCUT2D eigenvalue weighted by Crippen LogP contribution is -2.36. The second-order valence-electron chi connectivity index (χ2n) is 4.80. The standard InChI is InChI=1S/C15H20N4O/c1-4-11(2)17-15(20)18-14-16-10-13(19(14)3)12-8-6-5-7-9-12/h5-11H,4H2,1-3H3,(H2,16,17,18,20)/t11-/m0/s1. The maximum atomic E-state index is 11.8. The predicted octanol–water partition coefficient (Wildman–Crippen LogP) is 3.01. The van der Waals surface area contributed by atoms with Gasteiger partial charge in [0.25, 0.3) is 0 Å². The smallest absolute Gasteiger partial charge is 0.321 e. The number of nitrogens with zero attached hydrogens (tertiary/aromatic N) is 2. The molecule has 5 heteroatoms. The molecule has 0 aliphatic carbocycles. The molecule has 0 fully saturated rings. The van der Waals surface area contributed by atoms with Gasteiger partial charge < -0.3 is 9.88 Å². The molecule has 5 nitrogen and oxygen atoms in total. The molecule has 0 aliphatic heterocycles. The van der Waals surface area contributed by atoms with Crippen molar-refractivity contribution in [1.29, 1.82) is 0 Å². The summed E-state index contributed by atoms with van der Waals surface area (Å²) in [6.07, 6.45) is 2.65. The summed E-state index contributed by atoms with van der Waals surface area (Å²) in [5, 5.41) is 5.62. The lowest BCUT2D eigenvalue weighted by molar-refractivity contribution is 0.248. The van der Waals surface area contributed by atoms with Crippen molar-refractivity contribution in [2.24, 2.45) is 7.05 Å². The van der Waals surface area contributed by atoms with Crippen LogP contribution in [0.3, 0.4) is 0 Å². The molecule has 1 atom stereocenters. The molecule has 0 unspecified atom stereocenters. The van der Waals surface area contributed by atoms with Crippen molar-refractivity contribution in [3.05, 3.63) is 36.5 Å². The van der Waals surface area contributed by atoms with Crippen molar-refractivity contribution >= 4 is 12.0 Å². The Morgan fingerprint density at radius 1 is 1.35 bits per heavy atom. The number of carbonyl (C=O) groups is 1. The molecule has 0 bridgehead atoms. The Morgan fingerprint density at radius 3 is 2.70 bits per heavy atom. The third-order valence-corrected chi connectivity index (χ3v) is 3.27. The second kappa shape index (κ2) is 6.23. The lowest BCUT2D eigenvalue weighted by Gasteiger charge is -2.12. The molecule has 2 rings (SSSR count).